The molecule has 0 aromatic carbocycles. The summed E-state index contributed by atoms with van der Waals surface area (Å²) in [5.41, 5.74) is 5.67. The molecule has 3 atom stereocenters. The lowest BCUT2D eigenvalue weighted by molar-refractivity contribution is -0.130. The summed E-state index contributed by atoms with van der Waals surface area (Å²) in [5.74, 6) is -0.178. The summed E-state index contributed by atoms with van der Waals surface area (Å²) >= 11 is 4.78. The summed E-state index contributed by atoms with van der Waals surface area (Å²) in [6.07, 6.45) is 1.61. The SMILES string of the molecule is C[C@@H]1CN(C)[C@@H](C)[C@H](/C=C(\C#N)C(N)=S)C1=O. The maximum absolute atomic E-state index is 12.1. The Morgan fingerprint density at radius 3 is 2.71 bits per heavy atom. The number of carbonyl (C=O) groups is 1. The van der Waals surface area contributed by atoms with Crippen molar-refractivity contribution in [2.45, 2.75) is 19.9 Å². The number of nitriles is 1. The largest absolute Gasteiger partial charge is 0.389 e. The van der Waals surface area contributed by atoms with Crippen LogP contribution in [0.5, 0.6) is 0 Å². The van der Waals surface area contributed by atoms with Gasteiger partial charge < -0.3 is 10.6 Å². The van der Waals surface area contributed by atoms with Gasteiger partial charge in [-0.1, -0.05) is 25.2 Å². The first-order valence-corrected chi connectivity index (χ1v) is 5.95. The number of ketones is 1. The molecule has 0 spiro atoms. The molecule has 0 aromatic heterocycles. The van der Waals surface area contributed by atoms with Crippen LogP contribution in [-0.2, 0) is 4.79 Å². The topological polar surface area (TPSA) is 70.1 Å². The zero-order chi connectivity index (χ0) is 13.2. The molecule has 1 aliphatic heterocycles. The fourth-order valence-electron chi connectivity index (χ4n) is 2.10. The summed E-state index contributed by atoms with van der Waals surface area (Å²) in [6.45, 7) is 4.62. The van der Waals surface area contributed by atoms with Crippen molar-refractivity contribution >= 4 is 23.0 Å². The van der Waals surface area contributed by atoms with Gasteiger partial charge in [-0.3, -0.25) is 4.79 Å². The van der Waals surface area contributed by atoms with Crippen LogP contribution in [0.25, 0.3) is 0 Å². The second-order valence-corrected chi connectivity index (χ2v) is 5.01. The lowest BCUT2D eigenvalue weighted by Crippen LogP contribution is -2.49. The van der Waals surface area contributed by atoms with Crippen LogP contribution in [0.1, 0.15) is 13.8 Å². The zero-order valence-electron chi connectivity index (χ0n) is 10.3. The molecule has 2 N–H and O–H groups in total. The molecule has 0 amide bonds. The molecule has 0 aromatic rings. The molecule has 0 saturated carbocycles. The maximum atomic E-state index is 12.1. The fourth-order valence-corrected chi connectivity index (χ4v) is 2.22. The van der Waals surface area contributed by atoms with Crippen LogP contribution >= 0.6 is 12.2 Å². The highest BCUT2D eigenvalue weighted by Crippen LogP contribution is 2.25. The minimum absolute atomic E-state index is 0.0243. The Morgan fingerprint density at radius 1 is 1.65 bits per heavy atom. The van der Waals surface area contributed by atoms with Gasteiger partial charge in [-0.2, -0.15) is 5.26 Å². The number of piperidine rings is 1. The lowest BCUT2D eigenvalue weighted by atomic mass is 9.82. The third-order valence-corrected chi connectivity index (χ3v) is 3.54. The molecule has 1 aliphatic rings. The molecule has 92 valence electrons. The number of nitrogens with two attached hydrogens (primary N) is 1. The highest BCUT2D eigenvalue weighted by molar-refractivity contribution is 7.80. The molecule has 1 rings (SSSR count). The van der Waals surface area contributed by atoms with E-state index in [1.807, 2.05) is 27.0 Å². The van der Waals surface area contributed by atoms with Gasteiger partial charge in [-0.15, -0.1) is 0 Å². The van der Waals surface area contributed by atoms with E-state index < -0.39 is 0 Å². The van der Waals surface area contributed by atoms with Crippen LogP contribution in [0.3, 0.4) is 0 Å². The normalized spacial score (nSPS) is 31.1. The Kier molecular flexibility index (Phi) is 4.38. The molecule has 0 aliphatic carbocycles. The Balaban J connectivity index is 3.05. The van der Waals surface area contributed by atoms with Gasteiger partial charge in [-0.25, -0.2) is 0 Å². The number of thiocarbonyl (C=S) groups is 1. The molecule has 1 heterocycles. The zero-order valence-corrected chi connectivity index (χ0v) is 11.1. The van der Waals surface area contributed by atoms with Crippen LogP contribution in [0.15, 0.2) is 11.6 Å². The van der Waals surface area contributed by atoms with Crippen molar-refractivity contribution in [1.82, 2.24) is 4.90 Å². The molecule has 4 nitrogen and oxygen atoms in total. The van der Waals surface area contributed by atoms with Crippen molar-refractivity contribution in [2.24, 2.45) is 17.6 Å². The average molecular weight is 251 g/mol. The third kappa shape index (κ3) is 2.90. The standard InChI is InChI=1S/C12H17N3OS/c1-7-6-15(3)8(2)10(11(7)16)4-9(5-13)12(14)17/h4,7-8,10H,6H2,1-3H3,(H2,14,17)/b9-4+/t7-,8+,10+/m1/s1. The van der Waals surface area contributed by atoms with E-state index in [0.717, 1.165) is 6.54 Å². The van der Waals surface area contributed by atoms with Gasteiger partial charge >= 0.3 is 0 Å². The number of Topliss-reactive ketones (excluding diaryl/α,β-unsaturated/α-hetero) is 1. The van der Waals surface area contributed by atoms with E-state index in [-0.39, 0.29) is 34.2 Å². The first kappa shape index (κ1) is 13.8. The molecule has 0 bridgehead atoms. The Hall–Kier alpha value is -1.25. The highest BCUT2D eigenvalue weighted by Gasteiger charge is 2.35. The van der Waals surface area contributed by atoms with E-state index in [1.165, 1.54) is 0 Å². The molecule has 1 saturated heterocycles. The molecule has 17 heavy (non-hydrogen) atoms. The van der Waals surface area contributed by atoms with Crippen molar-refractivity contribution in [3.05, 3.63) is 11.6 Å². The van der Waals surface area contributed by atoms with Crippen molar-refractivity contribution in [3.8, 4) is 6.07 Å². The maximum Gasteiger partial charge on any atom is 0.145 e. The second kappa shape index (κ2) is 5.39. The monoisotopic (exact) mass is 251 g/mol. The number of hydrogen-bond donors (Lipinski definition) is 1. The van der Waals surface area contributed by atoms with Gasteiger partial charge in [0.25, 0.3) is 0 Å². The van der Waals surface area contributed by atoms with Crippen molar-refractivity contribution < 1.29 is 4.79 Å². The van der Waals surface area contributed by atoms with Gasteiger partial charge in [0.05, 0.1) is 11.5 Å². The van der Waals surface area contributed by atoms with Gasteiger partial charge in [-0.05, 0) is 14.0 Å². The summed E-state index contributed by atoms with van der Waals surface area (Å²) in [6, 6.07) is 2.01. The van der Waals surface area contributed by atoms with Gasteiger partial charge in [0.1, 0.15) is 16.8 Å². The van der Waals surface area contributed by atoms with E-state index in [4.69, 9.17) is 23.2 Å². The van der Waals surface area contributed by atoms with Gasteiger partial charge in [0, 0.05) is 18.5 Å². The molecule has 0 unspecified atom stereocenters. The molecule has 1 fully saturated rings. The van der Waals surface area contributed by atoms with E-state index in [1.54, 1.807) is 6.08 Å². The minimum atomic E-state index is -0.306. The van der Waals surface area contributed by atoms with Crippen molar-refractivity contribution in [3.63, 3.8) is 0 Å². The Bertz CT molecular complexity index is 410. The predicted molar refractivity (Wildman–Crippen MR) is 70.2 cm³/mol. The number of rotatable bonds is 2. The quantitative estimate of drug-likeness (QED) is 0.448. The average Bonchev–Trinajstić information content (AvgIpc) is 2.26. The number of likely N-dealkylation sites (tertiary alicyclic amines) is 1. The van der Waals surface area contributed by atoms with Crippen LogP contribution in [0, 0.1) is 23.2 Å². The van der Waals surface area contributed by atoms with Crippen LogP contribution in [-0.4, -0.2) is 35.3 Å². The number of nitrogens with zero attached hydrogens (tertiary/aromatic N) is 2. The molecular formula is C12H17N3OS. The highest BCUT2D eigenvalue weighted by atomic mass is 32.1. The van der Waals surface area contributed by atoms with E-state index in [9.17, 15) is 4.79 Å². The molecular weight excluding hydrogens is 234 g/mol. The second-order valence-electron chi connectivity index (χ2n) is 4.57. The molecule has 0 radical (unpaired) electrons. The summed E-state index contributed by atoms with van der Waals surface area (Å²) in [4.78, 5) is 14.3. The van der Waals surface area contributed by atoms with Crippen molar-refractivity contribution in [2.75, 3.05) is 13.6 Å². The Labute approximate surface area is 107 Å². The van der Waals surface area contributed by atoms with Crippen LogP contribution in [0.2, 0.25) is 0 Å². The Morgan fingerprint density at radius 2 is 2.24 bits per heavy atom. The van der Waals surface area contributed by atoms with Crippen LogP contribution < -0.4 is 5.73 Å². The van der Waals surface area contributed by atoms with Gasteiger partial charge in [0.2, 0.25) is 0 Å². The summed E-state index contributed by atoms with van der Waals surface area (Å²) < 4.78 is 0. The third-order valence-electron chi connectivity index (χ3n) is 3.32. The summed E-state index contributed by atoms with van der Waals surface area (Å²) in [5, 5.41) is 8.92. The molecule has 5 heteroatoms. The van der Waals surface area contributed by atoms with E-state index in [0.29, 0.717) is 0 Å². The lowest BCUT2D eigenvalue weighted by Gasteiger charge is -2.37. The van der Waals surface area contributed by atoms with Crippen molar-refractivity contribution in [1.29, 1.82) is 5.26 Å². The smallest absolute Gasteiger partial charge is 0.145 e. The summed E-state index contributed by atoms with van der Waals surface area (Å²) in [7, 11) is 1.97. The number of carbonyl (C=O) groups excluding carboxylic acids is 1. The van der Waals surface area contributed by atoms with Crippen LogP contribution in [0.4, 0.5) is 0 Å². The van der Waals surface area contributed by atoms with Gasteiger partial charge in [0.15, 0.2) is 0 Å². The van der Waals surface area contributed by atoms with E-state index >= 15 is 0 Å². The minimum Gasteiger partial charge on any atom is -0.389 e. The number of hydrogen-bond acceptors (Lipinski definition) is 4. The first-order chi connectivity index (χ1) is 7.88. The fraction of sp³-hybridized carbons (Fsp3) is 0.583. The van der Waals surface area contributed by atoms with E-state index in [2.05, 4.69) is 4.90 Å². The first-order valence-electron chi connectivity index (χ1n) is 5.54. The predicted octanol–water partition coefficient (Wildman–Crippen LogP) is 0.878.